The van der Waals surface area contributed by atoms with E-state index in [1.54, 1.807) is 24.3 Å². The minimum Gasteiger partial charge on any atom is -0.465 e. The molecule has 0 aliphatic rings. The summed E-state index contributed by atoms with van der Waals surface area (Å²) in [5.74, 6) is 0.501. The maximum atomic E-state index is 11.3. The number of aromatic nitrogens is 2. The van der Waals surface area contributed by atoms with Gasteiger partial charge in [0.15, 0.2) is 5.82 Å². The third kappa shape index (κ3) is 2.45. The van der Waals surface area contributed by atoms with E-state index in [-0.39, 0.29) is 5.88 Å². The Morgan fingerprint density at radius 1 is 1.53 bits per heavy atom. The summed E-state index contributed by atoms with van der Waals surface area (Å²) in [5, 5.41) is 3.67. The molecule has 0 N–H and O–H groups in total. The van der Waals surface area contributed by atoms with Crippen molar-refractivity contribution in [3.63, 3.8) is 0 Å². The van der Waals surface area contributed by atoms with Gasteiger partial charge in [0.25, 0.3) is 5.89 Å². The summed E-state index contributed by atoms with van der Waals surface area (Å²) in [5.41, 5.74) is 1.08. The Morgan fingerprint density at radius 2 is 2.35 bits per heavy atom. The summed E-state index contributed by atoms with van der Waals surface area (Å²) in [4.78, 5) is 15.4. The number of rotatable bonds is 3. The number of alkyl halides is 1. The smallest absolute Gasteiger partial charge is 0.337 e. The van der Waals surface area contributed by atoms with Gasteiger partial charge >= 0.3 is 5.97 Å². The second-order valence-electron chi connectivity index (χ2n) is 3.22. The molecule has 2 aromatic rings. The summed E-state index contributed by atoms with van der Waals surface area (Å²) < 4.78 is 9.64. The van der Waals surface area contributed by atoms with Crippen molar-refractivity contribution in [2.45, 2.75) is 5.88 Å². The Labute approximate surface area is 102 Å². The topological polar surface area (TPSA) is 65.2 Å². The first-order valence-corrected chi connectivity index (χ1v) is 5.35. The monoisotopic (exact) mass is 252 g/mol. The minimum atomic E-state index is -0.413. The molecule has 0 atom stereocenters. The van der Waals surface area contributed by atoms with Crippen LogP contribution in [-0.4, -0.2) is 23.2 Å². The van der Waals surface area contributed by atoms with Gasteiger partial charge in [0.2, 0.25) is 0 Å². The normalized spacial score (nSPS) is 10.2. The fraction of sp³-hybridized carbons (Fsp3) is 0.182. The number of hydrogen-bond donors (Lipinski definition) is 0. The lowest BCUT2D eigenvalue weighted by Gasteiger charge is -1.99. The van der Waals surface area contributed by atoms with Crippen LogP contribution in [0.1, 0.15) is 16.2 Å². The minimum absolute atomic E-state index is 0.181. The van der Waals surface area contributed by atoms with E-state index < -0.39 is 5.97 Å². The zero-order chi connectivity index (χ0) is 12.3. The fourth-order valence-corrected chi connectivity index (χ4v) is 1.43. The van der Waals surface area contributed by atoms with Gasteiger partial charge in [0, 0.05) is 5.56 Å². The first-order chi connectivity index (χ1) is 8.24. The molecule has 0 aliphatic carbocycles. The van der Waals surface area contributed by atoms with E-state index in [9.17, 15) is 4.79 Å². The number of esters is 1. The number of halogens is 1. The van der Waals surface area contributed by atoms with Gasteiger partial charge in [-0.15, -0.1) is 11.6 Å². The fourth-order valence-electron chi connectivity index (χ4n) is 1.32. The highest BCUT2D eigenvalue weighted by molar-refractivity contribution is 6.16. The maximum Gasteiger partial charge on any atom is 0.337 e. The molecule has 1 aromatic heterocycles. The molecule has 0 saturated heterocycles. The van der Waals surface area contributed by atoms with E-state index in [4.69, 9.17) is 16.1 Å². The summed E-state index contributed by atoms with van der Waals surface area (Å²) in [7, 11) is 1.33. The third-order valence-electron chi connectivity index (χ3n) is 2.12. The first kappa shape index (κ1) is 11.6. The average molecular weight is 253 g/mol. The van der Waals surface area contributed by atoms with Crippen molar-refractivity contribution < 1.29 is 14.1 Å². The molecule has 0 spiro atoms. The first-order valence-electron chi connectivity index (χ1n) is 4.82. The molecule has 0 aliphatic heterocycles. The number of nitrogens with zero attached hydrogens (tertiary/aromatic N) is 2. The Bertz CT molecular complexity index is 539. The van der Waals surface area contributed by atoms with Gasteiger partial charge in [-0.05, 0) is 18.2 Å². The van der Waals surface area contributed by atoms with Crippen LogP contribution in [0.2, 0.25) is 0 Å². The van der Waals surface area contributed by atoms with E-state index >= 15 is 0 Å². The molecule has 0 unspecified atom stereocenters. The molecule has 6 heteroatoms. The predicted octanol–water partition coefficient (Wildman–Crippen LogP) is 2.26. The summed E-state index contributed by atoms with van der Waals surface area (Å²) in [6.45, 7) is 0. The molecule has 0 bridgehead atoms. The lowest BCUT2D eigenvalue weighted by atomic mass is 10.1. The molecular weight excluding hydrogens is 244 g/mol. The number of methoxy groups -OCH3 is 1. The van der Waals surface area contributed by atoms with Crippen LogP contribution in [0.5, 0.6) is 0 Å². The molecule has 17 heavy (non-hydrogen) atoms. The molecule has 0 radical (unpaired) electrons. The van der Waals surface area contributed by atoms with Crippen molar-refractivity contribution in [1.29, 1.82) is 0 Å². The number of carbonyl (C=O) groups excluding carboxylic acids is 1. The number of carbonyl (C=O) groups is 1. The molecule has 0 saturated carbocycles. The second kappa shape index (κ2) is 4.97. The number of benzene rings is 1. The van der Waals surface area contributed by atoms with Gasteiger partial charge in [-0.3, -0.25) is 0 Å². The van der Waals surface area contributed by atoms with Crippen molar-refractivity contribution in [2.24, 2.45) is 0 Å². The number of hydrogen-bond acceptors (Lipinski definition) is 5. The standard InChI is InChI=1S/C11H9ClN2O3/c1-16-11(15)8-4-2-3-7(5-8)10-13-9(6-12)14-17-10/h2-5H,6H2,1H3. The largest absolute Gasteiger partial charge is 0.465 e. The Balaban J connectivity index is 2.35. The lowest BCUT2D eigenvalue weighted by Crippen LogP contribution is -2.00. The predicted molar refractivity (Wildman–Crippen MR) is 60.6 cm³/mol. The van der Waals surface area contributed by atoms with E-state index in [1.165, 1.54) is 7.11 Å². The SMILES string of the molecule is COC(=O)c1cccc(-c2nc(CCl)no2)c1. The second-order valence-corrected chi connectivity index (χ2v) is 3.49. The van der Waals surface area contributed by atoms with Gasteiger partial charge in [-0.25, -0.2) is 4.79 Å². The Hall–Kier alpha value is -1.88. The molecule has 88 valence electrons. The highest BCUT2D eigenvalue weighted by atomic mass is 35.5. The van der Waals surface area contributed by atoms with Crippen molar-refractivity contribution in [3.8, 4) is 11.5 Å². The molecule has 1 heterocycles. The van der Waals surface area contributed by atoms with Crippen LogP contribution >= 0.6 is 11.6 Å². The number of ether oxygens (including phenoxy) is 1. The lowest BCUT2D eigenvalue weighted by molar-refractivity contribution is 0.0601. The third-order valence-corrected chi connectivity index (χ3v) is 2.36. The Morgan fingerprint density at radius 3 is 3.00 bits per heavy atom. The van der Waals surface area contributed by atoms with Gasteiger partial charge < -0.3 is 9.26 Å². The zero-order valence-electron chi connectivity index (χ0n) is 9.01. The van der Waals surface area contributed by atoms with Crippen LogP contribution in [0, 0.1) is 0 Å². The van der Waals surface area contributed by atoms with E-state index in [1.807, 2.05) is 0 Å². The summed E-state index contributed by atoms with van der Waals surface area (Å²) >= 11 is 5.57. The van der Waals surface area contributed by atoms with Gasteiger partial charge in [-0.2, -0.15) is 4.98 Å². The quantitative estimate of drug-likeness (QED) is 0.619. The van der Waals surface area contributed by atoms with Crippen molar-refractivity contribution in [2.75, 3.05) is 7.11 Å². The maximum absolute atomic E-state index is 11.3. The van der Waals surface area contributed by atoms with Crippen LogP contribution in [-0.2, 0) is 10.6 Å². The molecule has 0 amide bonds. The van der Waals surface area contributed by atoms with Crippen LogP contribution in [0.4, 0.5) is 0 Å². The van der Waals surface area contributed by atoms with Gasteiger partial charge in [0.05, 0.1) is 18.6 Å². The van der Waals surface area contributed by atoms with Crippen LogP contribution in [0.25, 0.3) is 11.5 Å². The average Bonchev–Trinajstić information content (AvgIpc) is 2.86. The highest BCUT2D eigenvalue weighted by Crippen LogP contribution is 2.19. The molecule has 5 nitrogen and oxygen atoms in total. The molecule has 2 rings (SSSR count). The Kier molecular flexibility index (Phi) is 3.39. The van der Waals surface area contributed by atoms with Crippen molar-refractivity contribution in [3.05, 3.63) is 35.7 Å². The van der Waals surface area contributed by atoms with Gasteiger partial charge in [0.1, 0.15) is 0 Å². The molecule has 0 fully saturated rings. The van der Waals surface area contributed by atoms with Crippen LogP contribution in [0.3, 0.4) is 0 Å². The van der Waals surface area contributed by atoms with E-state index in [0.29, 0.717) is 22.8 Å². The highest BCUT2D eigenvalue weighted by Gasteiger charge is 2.11. The van der Waals surface area contributed by atoms with Crippen molar-refractivity contribution >= 4 is 17.6 Å². The molecule has 1 aromatic carbocycles. The zero-order valence-corrected chi connectivity index (χ0v) is 9.77. The van der Waals surface area contributed by atoms with Crippen LogP contribution < -0.4 is 0 Å². The van der Waals surface area contributed by atoms with E-state index in [2.05, 4.69) is 14.9 Å². The van der Waals surface area contributed by atoms with Crippen molar-refractivity contribution in [1.82, 2.24) is 10.1 Å². The van der Waals surface area contributed by atoms with Crippen LogP contribution in [0.15, 0.2) is 28.8 Å². The summed E-state index contributed by atoms with van der Waals surface area (Å²) in [6, 6.07) is 6.75. The van der Waals surface area contributed by atoms with Gasteiger partial charge in [-0.1, -0.05) is 11.2 Å². The molecular formula is C11H9ClN2O3. The summed E-state index contributed by atoms with van der Waals surface area (Å²) in [6.07, 6.45) is 0. The van der Waals surface area contributed by atoms with E-state index in [0.717, 1.165) is 0 Å².